The van der Waals surface area contributed by atoms with Crippen molar-refractivity contribution < 1.29 is 0 Å². The summed E-state index contributed by atoms with van der Waals surface area (Å²) >= 11 is 0. The number of aryl methyl sites for hydroxylation is 1. The van der Waals surface area contributed by atoms with Gasteiger partial charge in [0.2, 0.25) is 0 Å². The molecule has 0 spiro atoms. The molecule has 1 unspecified atom stereocenters. The Morgan fingerprint density at radius 2 is 2.27 bits per heavy atom. The molecule has 1 aliphatic rings. The van der Waals surface area contributed by atoms with Crippen molar-refractivity contribution >= 4 is 0 Å². The van der Waals surface area contributed by atoms with Crippen molar-refractivity contribution in [2.24, 2.45) is 5.73 Å². The maximum absolute atomic E-state index is 11.6. The van der Waals surface area contributed by atoms with Crippen LogP contribution in [0.4, 0.5) is 0 Å². The Kier molecular flexibility index (Phi) is 2.15. The van der Waals surface area contributed by atoms with Crippen molar-refractivity contribution in [2.45, 2.75) is 13.1 Å². The number of allylic oxidation sites excluding steroid dienone is 1. The first-order valence-electron chi connectivity index (χ1n) is 4.73. The van der Waals surface area contributed by atoms with Gasteiger partial charge in [-0.05, 0) is 19.1 Å². The Morgan fingerprint density at radius 1 is 1.53 bits per heavy atom. The third-order valence-corrected chi connectivity index (χ3v) is 2.37. The van der Waals surface area contributed by atoms with Gasteiger partial charge in [-0.25, -0.2) is 4.68 Å². The fourth-order valence-electron chi connectivity index (χ4n) is 1.68. The summed E-state index contributed by atoms with van der Waals surface area (Å²) in [5.74, 6) is 0. The lowest BCUT2D eigenvalue weighted by Crippen LogP contribution is -2.32. The molecule has 1 aliphatic heterocycles. The summed E-state index contributed by atoms with van der Waals surface area (Å²) in [4.78, 5) is 13.5. The molecule has 0 aliphatic carbocycles. The molecule has 80 valence electrons. The van der Waals surface area contributed by atoms with Crippen LogP contribution in [0.2, 0.25) is 0 Å². The van der Waals surface area contributed by atoms with E-state index in [-0.39, 0.29) is 11.7 Å². The van der Waals surface area contributed by atoms with E-state index in [1.165, 1.54) is 0 Å². The van der Waals surface area contributed by atoms with Crippen molar-refractivity contribution in [2.75, 3.05) is 7.05 Å². The number of nitrogens with zero attached hydrogens (tertiary/aromatic N) is 2. The topological polar surface area (TPSA) is 67.0 Å². The number of aromatic amines is 1. The van der Waals surface area contributed by atoms with E-state index < -0.39 is 0 Å². The van der Waals surface area contributed by atoms with E-state index in [1.54, 1.807) is 23.0 Å². The van der Waals surface area contributed by atoms with Gasteiger partial charge in [0.25, 0.3) is 5.56 Å². The van der Waals surface area contributed by atoms with E-state index in [0.29, 0.717) is 5.70 Å². The van der Waals surface area contributed by atoms with Crippen LogP contribution in [0.5, 0.6) is 0 Å². The second-order valence-electron chi connectivity index (χ2n) is 3.71. The second kappa shape index (κ2) is 3.34. The lowest BCUT2D eigenvalue weighted by molar-refractivity contribution is 0.270. The molecule has 0 bridgehead atoms. The van der Waals surface area contributed by atoms with Crippen LogP contribution in [-0.4, -0.2) is 21.7 Å². The molecule has 0 amide bonds. The number of hydrogen-bond acceptors (Lipinski definition) is 3. The van der Waals surface area contributed by atoms with Gasteiger partial charge in [-0.1, -0.05) is 0 Å². The van der Waals surface area contributed by atoms with Gasteiger partial charge >= 0.3 is 0 Å². The number of hydrogen-bond donors (Lipinski definition) is 2. The third kappa shape index (κ3) is 1.68. The Labute approximate surface area is 87.5 Å². The molecule has 1 aromatic rings. The normalized spacial score (nSPS) is 20.5. The van der Waals surface area contributed by atoms with E-state index in [0.717, 1.165) is 5.69 Å². The summed E-state index contributed by atoms with van der Waals surface area (Å²) < 4.78 is 1.56. The highest BCUT2D eigenvalue weighted by Crippen LogP contribution is 2.16. The molecule has 0 radical (unpaired) electrons. The average Bonchev–Trinajstić information content (AvgIpc) is 2.45. The van der Waals surface area contributed by atoms with Gasteiger partial charge in [0.1, 0.15) is 6.17 Å². The number of nitrogens with two attached hydrogens (primary N) is 1. The number of rotatable bonds is 1. The monoisotopic (exact) mass is 206 g/mol. The van der Waals surface area contributed by atoms with E-state index in [1.807, 2.05) is 24.9 Å². The molecule has 3 N–H and O–H groups in total. The number of aromatic nitrogens is 2. The molecule has 1 aromatic heterocycles. The van der Waals surface area contributed by atoms with Gasteiger partial charge in [0.05, 0.1) is 0 Å². The van der Waals surface area contributed by atoms with Crippen LogP contribution in [0, 0.1) is 6.92 Å². The van der Waals surface area contributed by atoms with E-state index in [2.05, 4.69) is 5.10 Å². The molecule has 0 saturated heterocycles. The highest BCUT2D eigenvalue weighted by molar-refractivity contribution is 5.20. The van der Waals surface area contributed by atoms with E-state index >= 15 is 0 Å². The third-order valence-electron chi connectivity index (χ3n) is 2.37. The predicted octanol–water partition coefficient (Wildman–Crippen LogP) is 0.285. The Morgan fingerprint density at radius 3 is 2.80 bits per heavy atom. The van der Waals surface area contributed by atoms with Crippen LogP contribution >= 0.6 is 0 Å². The number of H-pyrrole nitrogens is 1. The first-order valence-corrected chi connectivity index (χ1v) is 4.73. The summed E-state index contributed by atoms with van der Waals surface area (Å²) in [6.45, 7) is 1.86. The minimum atomic E-state index is -0.126. The van der Waals surface area contributed by atoms with E-state index in [4.69, 9.17) is 5.73 Å². The zero-order valence-electron chi connectivity index (χ0n) is 8.77. The molecule has 2 heterocycles. The van der Waals surface area contributed by atoms with Crippen LogP contribution in [0.1, 0.15) is 11.9 Å². The quantitative estimate of drug-likeness (QED) is 0.693. The first-order chi connectivity index (χ1) is 7.08. The molecule has 5 heteroatoms. The van der Waals surface area contributed by atoms with Crippen molar-refractivity contribution in [3.63, 3.8) is 0 Å². The smallest absolute Gasteiger partial charge is 0.268 e. The summed E-state index contributed by atoms with van der Waals surface area (Å²) in [7, 11) is 1.88. The summed E-state index contributed by atoms with van der Waals surface area (Å²) in [5, 5.41) is 3.00. The van der Waals surface area contributed by atoms with Gasteiger partial charge in [-0.3, -0.25) is 9.89 Å². The summed E-state index contributed by atoms with van der Waals surface area (Å²) in [6.07, 6.45) is 5.35. The molecular formula is C10H14N4O. The molecule has 15 heavy (non-hydrogen) atoms. The van der Waals surface area contributed by atoms with Gasteiger partial charge in [-0.15, -0.1) is 0 Å². The van der Waals surface area contributed by atoms with Gasteiger partial charge < -0.3 is 10.6 Å². The molecule has 5 nitrogen and oxygen atoms in total. The van der Waals surface area contributed by atoms with Gasteiger partial charge in [0, 0.05) is 30.7 Å². The Hall–Kier alpha value is -1.91. The molecule has 0 aromatic carbocycles. The SMILES string of the molecule is Cc1cc(=O)n(C2C=CC(N)=CN2C)[nH]1. The number of nitrogens with one attached hydrogen (secondary N) is 1. The zero-order valence-corrected chi connectivity index (χ0v) is 8.77. The average molecular weight is 206 g/mol. The van der Waals surface area contributed by atoms with Crippen molar-refractivity contribution in [1.82, 2.24) is 14.7 Å². The minimum absolute atomic E-state index is 0.0390. The second-order valence-corrected chi connectivity index (χ2v) is 3.71. The highest BCUT2D eigenvalue weighted by atomic mass is 16.1. The summed E-state index contributed by atoms with van der Waals surface area (Å²) in [5.41, 5.74) is 7.14. The minimum Gasteiger partial charge on any atom is -0.398 e. The Balaban J connectivity index is 2.38. The fourth-order valence-corrected chi connectivity index (χ4v) is 1.68. The zero-order chi connectivity index (χ0) is 11.0. The standard InChI is InChI=1S/C10H14N4O/c1-7-5-10(15)14(12-7)9-4-3-8(11)6-13(9)2/h3-6,9,12H,11H2,1-2H3. The highest BCUT2D eigenvalue weighted by Gasteiger charge is 2.16. The molecule has 1 atom stereocenters. The van der Waals surface area contributed by atoms with Gasteiger partial charge in [0.15, 0.2) is 0 Å². The predicted molar refractivity (Wildman–Crippen MR) is 58.0 cm³/mol. The van der Waals surface area contributed by atoms with Crippen LogP contribution in [0.15, 0.2) is 34.9 Å². The molecule has 0 saturated carbocycles. The summed E-state index contributed by atoms with van der Waals surface area (Å²) in [6, 6.07) is 1.57. The first kappa shape index (κ1) is 9.64. The van der Waals surface area contributed by atoms with E-state index in [9.17, 15) is 4.79 Å². The van der Waals surface area contributed by atoms with Crippen LogP contribution in [0.25, 0.3) is 0 Å². The van der Waals surface area contributed by atoms with Crippen molar-refractivity contribution in [1.29, 1.82) is 0 Å². The maximum Gasteiger partial charge on any atom is 0.268 e. The van der Waals surface area contributed by atoms with Crippen LogP contribution in [-0.2, 0) is 0 Å². The van der Waals surface area contributed by atoms with Gasteiger partial charge in [-0.2, -0.15) is 0 Å². The lowest BCUT2D eigenvalue weighted by atomic mass is 10.2. The number of likely N-dealkylation sites (N-methyl/N-ethyl adjacent to an activating group) is 1. The van der Waals surface area contributed by atoms with Crippen molar-refractivity contribution in [3.8, 4) is 0 Å². The molecule has 2 rings (SSSR count). The van der Waals surface area contributed by atoms with Crippen molar-refractivity contribution in [3.05, 3.63) is 46.2 Å². The molecule has 0 fully saturated rings. The molecular weight excluding hydrogens is 192 g/mol. The maximum atomic E-state index is 11.6. The van der Waals surface area contributed by atoms with Crippen LogP contribution in [0.3, 0.4) is 0 Å². The Bertz CT molecular complexity index is 480. The fraction of sp³-hybridized carbons (Fsp3) is 0.300. The lowest BCUT2D eigenvalue weighted by Gasteiger charge is -2.27. The largest absolute Gasteiger partial charge is 0.398 e. The van der Waals surface area contributed by atoms with Crippen LogP contribution < -0.4 is 11.3 Å².